The van der Waals surface area contributed by atoms with E-state index in [0.717, 1.165) is 42.2 Å². The summed E-state index contributed by atoms with van der Waals surface area (Å²) >= 11 is 1.61. The number of anilines is 1. The number of aromatic nitrogens is 3. The van der Waals surface area contributed by atoms with Crippen LogP contribution in [0.1, 0.15) is 50.6 Å². The molecule has 28 heavy (non-hydrogen) atoms. The number of pyridine rings is 1. The monoisotopic (exact) mass is 394 g/mol. The summed E-state index contributed by atoms with van der Waals surface area (Å²) in [4.78, 5) is 9.63. The molecule has 2 aliphatic rings. The van der Waals surface area contributed by atoms with Crippen molar-refractivity contribution in [2.24, 2.45) is 0 Å². The van der Waals surface area contributed by atoms with Crippen molar-refractivity contribution in [2.45, 2.75) is 51.0 Å². The van der Waals surface area contributed by atoms with Gasteiger partial charge in [-0.25, -0.2) is 9.37 Å². The predicted octanol–water partition coefficient (Wildman–Crippen LogP) is 6.07. The summed E-state index contributed by atoms with van der Waals surface area (Å²) in [6.07, 6.45) is 17.5. The molecule has 1 N–H and O–H groups in total. The predicted molar refractivity (Wildman–Crippen MR) is 113 cm³/mol. The fraction of sp³-hybridized carbons (Fsp3) is 0.364. The van der Waals surface area contributed by atoms with Gasteiger partial charge in [0.25, 0.3) is 0 Å². The number of hydrogen-bond acceptors (Lipinski definition) is 4. The number of rotatable bonds is 4. The Morgan fingerprint density at radius 1 is 1.21 bits per heavy atom. The first-order valence-corrected chi connectivity index (χ1v) is 10.9. The molecule has 0 unspecified atom stereocenters. The van der Waals surface area contributed by atoms with Gasteiger partial charge in [0.2, 0.25) is 0 Å². The molecule has 1 fully saturated rings. The van der Waals surface area contributed by atoms with Crippen LogP contribution in [-0.4, -0.2) is 20.4 Å². The highest BCUT2D eigenvalue weighted by Crippen LogP contribution is 2.38. The Kier molecular flexibility index (Phi) is 4.72. The van der Waals surface area contributed by atoms with Gasteiger partial charge < -0.3 is 5.32 Å². The van der Waals surface area contributed by atoms with Crippen LogP contribution >= 0.6 is 11.3 Å². The average molecular weight is 395 g/mol. The van der Waals surface area contributed by atoms with Gasteiger partial charge in [0, 0.05) is 23.2 Å². The van der Waals surface area contributed by atoms with Crippen molar-refractivity contribution in [2.75, 3.05) is 5.32 Å². The van der Waals surface area contributed by atoms with Gasteiger partial charge in [-0.1, -0.05) is 37.5 Å². The van der Waals surface area contributed by atoms with Crippen LogP contribution in [0.3, 0.4) is 0 Å². The van der Waals surface area contributed by atoms with E-state index in [1.54, 1.807) is 23.6 Å². The molecule has 1 saturated carbocycles. The molecule has 0 bridgehead atoms. The lowest BCUT2D eigenvalue weighted by atomic mass is 9.95. The molecule has 0 radical (unpaired) electrons. The SMILES string of the molecule is Fc1cnccc1-c1nc2scc(C3=CC=CCC3)n2c1NC1CCCCC1. The molecule has 5 rings (SSSR count). The van der Waals surface area contributed by atoms with Crippen LogP contribution in [0.25, 0.3) is 21.8 Å². The summed E-state index contributed by atoms with van der Waals surface area (Å²) in [7, 11) is 0. The van der Waals surface area contributed by atoms with Crippen molar-refractivity contribution in [3.8, 4) is 11.3 Å². The fourth-order valence-electron chi connectivity index (χ4n) is 4.23. The minimum Gasteiger partial charge on any atom is -0.367 e. The zero-order chi connectivity index (χ0) is 18.9. The molecule has 0 spiro atoms. The molecule has 3 heterocycles. The van der Waals surface area contributed by atoms with Crippen LogP contribution in [0.4, 0.5) is 10.2 Å². The minimum atomic E-state index is -0.332. The van der Waals surface area contributed by atoms with E-state index in [4.69, 9.17) is 4.98 Å². The summed E-state index contributed by atoms with van der Waals surface area (Å²) in [5, 5.41) is 5.91. The number of imidazole rings is 1. The summed E-state index contributed by atoms with van der Waals surface area (Å²) < 4.78 is 16.8. The van der Waals surface area contributed by atoms with Crippen LogP contribution in [-0.2, 0) is 0 Å². The van der Waals surface area contributed by atoms with Gasteiger partial charge in [-0.2, -0.15) is 0 Å². The second kappa shape index (κ2) is 7.51. The van der Waals surface area contributed by atoms with Crippen LogP contribution in [0, 0.1) is 5.82 Å². The van der Waals surface area contributed by atoms with Crippen molar-refractivity contribution < 1.29 is 4.39 Å². The Morgan fingerprint density at radius 3 is 2.89 bits per heavy atom. The Bertz CT molecular complexity index is 1060. The molecular formula is C22H23FN4S. The Hall–Kier alpha value is -2.47. The average Bonchev–Trinajstić information content (AvgIpc) is 3.30. The van der Waals surface area contributed by atoms with Crippen molar-refractivity contribution in [1.29, 1.82) is 0 Å². The van der Waals surface area contributed by atoms with Crippen molar-refractivity contribution in [3.05, 3.63) is 53.6 Å². The highest BCUT2D eigenvalue weighted by Gasteiger charge is 2.24. The quantitative estimate of drug-likeness (QED) is 0.583. The molecule has 0 amide bonds. The molecule has 0 saturated heterocycles. The highest BCUT2D eigenvalue weighted by molar-refractivity contribution is 7.15. The van der Waals surface area contributed by atoms with Crippen molar-refractivity contribution >= 4 is 27.7 Å². The zero-order valence-electron chi connectivity index (χ0n) is 15.7. The van der Waals surface area contributed by atoms with Gasteiger partial charge in [-0.05, 0) is 37.3 Å². The van der Waals surface area contributed by atoms with Gasteiger partial charge in [-0.15, -0.1) is 11.3 Å². The molecule has 3 aromatic heterocycles. The van der Waals surface area contributed by atoms with Gasteiger partial charge in [0.05, 0.1) is 11.9 Å². The summed E-state index contributed by atoms with van der Waals surface area (Å²) in [5.74, 6) is 0.583. The topological polar surface area (TPSA) is 42.2 Å². The van der Waals surface area contributed by atoms with Gasteiger partial charge in [0.1, 0.15) is 11.5 Å². The van der Waals surface area contributed by atoms with Crippen molar-refractivity contribution in [1.82, 2.24) is 14.4 Å². The van der Waals surface area contributed by atoms with E-state index in [2.05, 4.69) is 38.3 Å². The third-order valence-electron chi connectivity index (χ3n) is 5.68. The summed E-state index contributed by atoms with van der Waals surface area (Å²) in [6, 6.07) is 2.13. The smallest absolute Gasteiger partial charge is 0.196 e. The molecule has 0 atom stereocenters. The maximum atomic E-state index is 14.6. The molecule has 3 aromatic rings. The lowest BCUT2D eigenvalue weighted by Crippen LogP contribution is -2.23. The molecule has 4 nitrogen and oxygen atoms in total. The van der Waals surface area contributed by atoms with E-state index in [1.165, 1.54) is 31.0 Å². The molecule has 0 aromatic carbocycles. The third-order valence-corrected chi connectivity index (χ3v) is 6.51. The van der Waals surface area contributed by atoms with Crippen LogP contribution in [0.2, 0.25) is 0 Å². The van der Waals surface area contributed by atoms with Crippen LogP contribution in [0.15, 0.2) is 42.1 Å². The van der Waals surface area contributed by atoms with E-state index in [9.17, 15) is 4.39 Å². The second-order valence-electron chi connectivity index (χ2n) is 7.54. The minimum absolute atomic E-state index is 0.332. The summed E-state index contributed by atoms with van der Waals surface area (Å²) in [6.45, 7) is 0. The zero-order valence-corrected chi connectivity index (χ0v) is 16.5. The molecule has 2 aliphatic carbocycles. The maximum Gasteiger partial charge on any atom is 0.196 e. The third kappa shape index (κ3) is 3.15. The molecule has 6 heteroatoms. The normalized spacial score (nSPS) is 17.8. The van der Waals surface area contributed by atoms with E-state index < -0.39 is 0 Å². The summed E-state index contributed by atoms with van der Waals surface area (Å²) in [5.41, 5.74) is 3.66. The molecule has 0 aliphatic heterocycles. The maximum absolute atomic E-state index is 14.6. The first-order valence-electron chi connectivity index (χ1n) is 10.0. The van der Waals surface area contributed by atoms with E-state index in [-0.39, 0.29) is 5.82 Å². The first kappa shape index (κ1) is 17.6. The van der Waals surface area contributed by atoms with Gasteiger partial charge >= 0.3 is 0 Å². The molecule has 144 valence electrons. The van der Waals surface area contributed by atoms with E-state index in [0.29, 0.717) is 17.3 Å². The second-order valence-corrected chi connectivity index (χ2v) is 8.38. The van der Waals surface area contributed by atoms with Gasteiger partial charge in [-0.3, -0.25) is 9.38 Å². The lowest BCUT2D eigenvalue weighted by molar-refractivity contribution is 0.461. The number of nitrogens with one attached hydrogen (secondary N) is 1. The Morgan fingerprint density at radius 2 is 2.11 bits per heavy atom. The number of thiazole rings is 1. The Balaban J connectivity index is 1.67. The number of hydrogen-bond donors (Lipinski definition) is 1. The standard InChI is InChI=1S/C22H23FN4S/c23-18-13-24-12-11-17(18)20-21(25-16-9-5-2-6-10-16)27-19(14-28-22(27)26-20)15-7-3-1-4-8-15/h1,3,7,11-14,16,25H,2,4-6,8-10H2. The van der Waals surface area contributed by atoms with Crippen LogP contribution < -0.4 is 5.32 Å². The van der Waals surface area contributed by atoms with Crippen molar-refractivity contribution in [3.63, 3.8) is 0 Å². The van der Waals surface area contributed by atoms with E-state index >= 15 is 0 Å². The Labute approximate surface area is 167 Å². The highest BCUT2D eigenvalue weighted by atomic mass is 32.1. The number of allylic oxidation sites excluding steroid dienone is 4. The molecular weight excluding hydrogens is 371 g/mol. The largest absolute Gasteiger partial charge is 0.367 e. The number of fused-ring (bicyclic) bond motifs is 1. The van der Waals surface area contributed by atoms with Gasteiger partial charge in [0.15, 0.2) is 10.8 Å². The van der Waals surface area contributed by atoms with E-state index in [1.807, 2.05) is 0 Å². The first-order chi connectivity index (χ1) is 13.8. The lowest BCUT2D eigenvalue weighted by Gasteiger charge is -2.24. The van der Waals surface area contributed by atoms with Crippen LogP contribution in [0.5, 0.6) is 0 Å². The fourth-order valence-corrected chi connectivity index (χ4v) is 5.14. The number of halogens is 1. The number of nitrogens with zero attached hydrogens (tertiary/aromatic N) is 3.